The summed E-state index contributed by atoms with van der Waals surface area (Å²) in [6, 6.07) is 7.76. The highest BCUT2D eigenvalue weighted by atomic mass is 19.1. The van der Waals surface area contributed by atoms with Crippen molar-refractivity contribution in [3.63, 3.8) is 0 Å². The van der Waals surface area contributed by atoms with Gasteiger partial charge in [-0.15, -0.1) is 5.10 Å². The number of hydrogen-bond donors (Lipinski definition) is 1. The van der Waals surface area contributed by atoms with Crippen molar-refractivity contribution in [2.75, 3.05) is 18.0 Å². The lowest BCUT2D eigenvalue weighted by Crippen LogP contribution is -2.33. The largest absolute Gasteiger partial charge is 0.442 e. The zero-order valence-corrected chi connectivity index (χ0v) is 16.3. The smallest absolute Gasteiger partial charge is 0.414 e. The fraction of sp³-hybridized carbons (Fsp3) is 0.286. The van der Waals surface area contributed by atoms with Crippen LogP contribution in [-0.4, -0.2) is 51.6 Å². The van der Waals surface area contributed by atoms with Gasteiger partial charge in [0, 0.05) is 31.2 Å². The van der Waals surface area contributed by atoms with Gasteiger partial charge in [0.05, 0.1) is 18.8 Å². The number of anilines is 1. The first-order chi connectivity index (χ1) is 14.3. The lowest BCUT2D eigenvalue weighted by molar-refractivity contribution is -0.119. The summed E-state index contributed by atoms with van der Waals surface area (Å²) < 4.78 is 21.5. The van der Waals surface area contributed by atoms with Gasteiger partial charge in [-0.05, 0) is 30.3 Å². The van der Waals surface area contributed by atoms with Crippen LogP contribution >= 0.6 is 0 Å². The molecule has 1 aliphatic heterocycles. The van der Waals surface area contributed by atoms with Crippen LogP contribution in [0.3, 0.4) is 0 Å². The summed E-state index contributed by atoms with van der Waals surface area (Å²) in [5, 5.41) is 6.68. The van der Waals surface area contributed by atoms with Gasteiger partial charge in [-0.25, -0.2) is 18.7 Å². The second-order valence-corrected chi connectivity index (χ2v) is 6.93. The topological polar surface area (TPSA) is 106 Å². The van der Waals surface area contributed by atoms with E-state index in [0.29, 0.717) is 22.5 Å². The normalized spacial score (nSPS) is 15.5. The van der Waals surface area contributed by atoms with Gasteiger partial charge in [0.15, 0.2) is 11.4 Å². The third kappa shape index (κ3) is 4.37. The van der Waals surface area contributed by atoms with E-state index in [1.54, 1.807) is 30.5 Å². The van der Waals surface area contributed by atoms with Gasteiger partial charge in [0.1, 0.15) is 11.9 Å². The molecule has 3 aromatic rings. The molecule has 0 spiro atoms. The van der Waals surface area contributed by atoms with Crippen LogP contribution in [-0.2, 0) is 9.53 Å². The summed E-state index contributed by atoms with van der Waals surface area (Å²) in [4.78, 5) is 40.0. The molecule has 0 unspecified atom stereocenters. The minimum absolute atomic E-state index is 0. The zero-order chi connectivity index (χ0) is 21.4. The highest BCUT2D eigenvalue weighted by Gasteiger charge is 2.32. The molecule has 9 nitrogen and oxygen atoms in total. The summed E-state index contributed by atoms with van der Waals surface area (Å²) >= 11 is 0. The van der Waals surface area contributed by atoms with Crippen LogP contribution in [0.1, 0.15) is 31.9 Å². The van der Waals surface area contributed by atoms with Crippen LogP contribution in [0.4, 0.5) is 14.9 Å². The van der Waals surface area contributed by atoms with Crippen molar-refractivity contribution >= 4 is 29.1 Å². The van der Waals surface area contributed by atoms with E-state index in [1.807, 2.05) is 0 Å². The summed E-state index contributed by atoms with van der Waals surface area (Å²) in [5.74, 6) is -0.925. The number of amides is 2. The van der Waals surface area contributed by atoms with E-state index >= 15 is 0 Å². The highest BCUT2D eigenvalue weighted by Crippen LogP contribution is 2.29. The summed E-state index contributed by atoms with van der Waals surface area (Å²) in [7, 11) is 0. The summed E-state index contributed by atoms with van der Waals surface area (Å²) in [6.45, 7) is 3.15. The van der Waals surface area contributed by atoms with Gasteiger partial charge in [-0.1, -0.05) is 7.43 Å². The SMILES string of the molecule is C.CC(=O)NC[C@H]1CN(c2ccc(-c3ccc4nc(C(C)=O)nn4c3)c(F)c2)C(=O)O1. The number of carbonyl (C=O) groups is 3. The van der Waals surface area contributed by atoms with E-state index in [2.05, 4.69) is 15.4 Å². The molecule has 0 bridgehead atoms. The molecule has 0 radical (unpaired) electrons. The van der Waals surface area contributed by atoms with E-state index in [-0.39, 0.29) is 38.0 Å². The predicted molar refractivity (Wildman–Crippen MR) is 111 cm³/mol. The van der Waals surface area contributed by atoms with Gasteiger partial charge in [-0.2, -0.15) is 0 Å². The van der Waals surface area contributed by atoms with E-state index in [0.717, 1.165) is 0 Å². The summed E-state index contributed by atoms with van der Waals surface area (Å²) in [5.41, 5.74) is 1.68. The number of Topliss-reactive ketones (excluding diaryl/α,β-unsaturated/α-hetero) is 1. The van der Waals surface area contributed by atoms with E-state index < -0.39 is 18.0 Å². The van der Waals surface area contributed by atoms with Crippen LogP contribution < -0.4 is 10.2 Å². The molecule has 1 saturated heterocycles. The van der Waals surface area contributed by atoms with Crippen molar-refractivity contribution in [1.29, 1.82) is 0 Å². The average Bonchev–Trinajstić information content (AvgIpc) is 3.29. The Labute approximate surface area is 177 Å². The first kappa shape index (κ1) is 21.9. The minimum atomic E-state index is -0.599. The molecular formula is C21H22FN5O4. The fourth-order valence-electron chi connectivity index (χ4n) is 3.19. The average molecular weight is 427 g/mol. The van der Waals surface area contributed by atoms with Crippen LogP contribution in [0.2, 0.25) is 0 Å². The van der Waals surface area contributed by atoms with Gasteiger partial charge in [0.25, 0.3) is 0 Å². The predicted octanol–water partition coefficient (Wildman–Crippen LogP) is 2.84. The standard InChI is InChI=1S/C20H18FN5O4.CH4/c1-11(27)19-23-18-6-3-13(9-26(18)24-19)16-5-4-14(7-17(16)21)25-10-15(30-20(25)29)8-22-12(2)28;/h3-7,9,15H,8,10H2,1-2H3,(H,22,28);1H4/t15-;/m0./s1. The van der Waals surface area contributed by atoms with Crippen molar-refractivity contribution in [3.8, 4) is 11.1 Å². The molecular weight excluding hydrogens is 405 g/mol. The number of halogens is 1. The molecule has 4 rings (SSSR count). The maximum absolute atomic E-state index is 14.9. The number of nitrogens with zero attached hydrogens (tertiary/aromatic N) is 4. The van der Waals surface area contributed by atoms with Gasteiger partial charge in [0.2, 0.25) is 11.7 Å². The van der Waals surface area contributed by atoms with Crippen molar-refractivity contribution in [2.24, 2.45) is 0 Å². The number of cyclic esters (lactones) is 1. The Hall–Kier alpha value is -3.82. The maximum atomic E-state index is 14.9. The van der Waals surface area contributed by atoms with E-state index in [9.17, 15) is 18.8 Å². The Morgan fingerprint density at radius 2 is 2.03 bits per heavy atom. The molecule has 31 heavy (non-hydrogen) atoms. The van der Waals surface area contributed by atoms with E-state index in [1.165, 1.54) is 29.3 Å². The quantitative estimate of drug-likeness (QED) is 0.628. The Kier molecular flexibility index (Phi) is 6.00. The molecule has 2 aromatic heterocycles. The molecule has 0 saturated carbocycles. The van der Waals surface area contributed by atoms with Gasteiger partial charge in [-0.3, -0.25) is 14.5 Å². The second-order valence-electron chi connectivity index (χ2n) is 6.93. The number of nitrogens with one attached hydrogen (secondary N) is 1. The Balaban J connectivity index is 0.00000272. The van der Waals surface area contributed by atoms with Gasteiger partial charge < -0.3 is 10.1 Å². The number of carbonyl (C=O) groups excluding carboxylic acids is 3. The van der Waals surface area contributed by atoms with E-state index in [4.69, 9.17) is 4.74 Å². The first-order valence-electron chi connectivity index (χ1n) is 9.21. The molecule has 2 amide bonds. The van der Waals surface area contributed by atoms with Crippen LogP contribution in [0.15, 0.2) is 36.5 Å². The number of pyridine rings is 1. The minimum Gasteiger partial charge on any atom is -0.442 e. The molecule has 1 aliphatic rings. The Bertz CT molecular complexity index is 1180. The van der Waals surface area contributed by atoms with Crippen molar-refractivity contribution < 1.29 is 23.5 Å². The van der Waals surface area contributed by atoms with Crippen LogP contribution in [0, 0.1) is 5.82 Å². The number of rotatable bonds is 5. The van der Waals surface area contributed by atoms with Crippen molar-refractivity contribution in [2.45, 2.75) is 27.4 Å². The number of aromatic nitrogens is 3. The molecule has 3 heterocycles. The lowest BCUT2D eigenvalue weighted by Gasteiger charge is -2.14. The molecule has 1 atom stereocenters. The highest BCUT2D eigenvalue weighted by molar-refractivity contribution is 5.91. The number of fused-ring (bicyclic) bond motifs is 1. The van der Waals surface area contributed by atoms with Crippen molar-refractivity contribution in [1.82, 2.24) is 19.9 Å². The third-order valence-corrected chi connectivity index (χ3v) is 4.67. The lowest BCUT2D eigenvalue weighted by atomic mass is 10.1. The van der Waals surface area contributed by atoms with Crippen LogP contribution in [0.25, 0.3) is 16.8 Å². The molecule has 10 heteroatoms. The Morgan fingerprint density at radius 1 is 1.26 bits per heavy atom. The fourth-order valence-corrected chi connectivity index (χ4v) is 3.19. The number of ketones is 1. The monoisotopic (exact) mass is 427 g/mol. The molecule has 162 valence electrons. The Morgan fingerprint density at radius 3 is 2.71 bits per heavy atom. The molecule has 1 aromatic carbocycles. The number of benzene rings is 1. The van der Waals surface area contributed by atoms with Gasteiger partial charge >= 0.3 is 6.09 Å². The second kappa shape index (κ2) is 8.50. The molecule has 1 N–H and O–H groups in total. The number of ether oxygens (including phenoxy) is 1. The third-order valence-electron chi connectivity index (χ3n) is 4.67. The van der Waals surface area contributed by atoms with Crippen molar-refractivity contribution in [3.05, 3.63) is 48.2 Å². The molecule has 0 aliphatic carbocycles. The van der Waals surface area contributed by atoms with Crippen LogP contribution in [0.5, 0.6) is 0 Å². The maximum Gasteiger partial charge on any atom is 0.414 e. The first-order valence-corrected chi connectivity index (χ1v) is 9.21. The zero-order valence-electron chi connectivity index (χ0n) is 16.3. The number of hydrogen-bond acceptors (Lipinski definition) is 6. The molecule has 1 fully saturated rings. The summed E-state index contributed by atoms with van der Waals surface area (Å²) in [6.07, 6.45) is 0.480.